The number of aromatic carboxylic acids is 1. The lowest BCUT2D eigenvalue weighted by molar-refractivity contribution is 0.0695. The van der Waals surface area contributed by atoms with E-state index in [0.717, 1.165) is 5.56 Å². The third-order valence-corrected chi connectivity index (χ3v) is 3.24. The minimum atomic E-state index is -0.996. The Morgan fingerprint density at radius 3 is 2.55 bits per heavy atom. The Morgan fingerprint density at radius 1 is 1.23 bits per heavy atom. The van der Waals surface area contributed by atoms with E-state index in [9.17, 15) is 9.90 Å². The predicted octanol–water partition coefficient (Wildman–Crippen LogP) is 3.70. The lowest BCUT2D eigenvalue weighted by Gasteiger charge is -2.16. The van der Waals surface area contributed by atoms with Gasteiger partial charge in [-0.3, -0.25) is 0 Å². The maximum absolute atomic E-state index is 11.3. The van der Waals surface area contributed by atoms with Gasteiger partial charge in [0.05, 0.1) is 12.7 Å². The van der Waals surface area contributed by atoms with Crippen LogP contribution in [0.15, 0.2) is 55.1 Å². The van der Waals surface area contributed by atoms with E-state index in [-0.39, 0.29) is 5.56 Å². The van der Waals surface area contributed by atoms with E-state index in [4.69, 9.17) is 9.47 Å². The molecule has 0 spiro atoms. The summed E-state index contributed by atoms with van der Waals surface area (Å²) in [7, 11) is 1.50. The summed E-state index contributed by atoms with van der Waals surface area (Å²) in [5, 5.41) is 9.28. The van der Waals surface area contributed by atoms with Crippen molar-refractivity contribution in [2.45, 2.75) is 13.0 Å². The molecule has 0 bridgehead atoms. The predicted molar refractivity (Wildman–Crippen MR) is 84.6 cm³/mol. The van der Waals surface area contributed by atoms with Gasteiger partial charge in [-0.05, 0) is 24.1 Å². The van der Waals surface area contributed by atoms with Crippen molar-refractivity contribution >= 4 is 5.97 Å². The van der Waals surface area contributed by atoms with Crippen LogP contribution in [0.4, 0.5) is 0 Å². The van der Waals surface area contributed by atoms with Gasteiger partial charge in [0.25, 0.3) is 0 Å². The molecule has 2 rings (SSSR count). The molecule has 1 N–H and O–H groups in total. The molecule has 4 nitrogen and oxygen atoms in total. The molecule has 4 heteroatoms. The topological polar surface area (TPSA) is 55.8 Å². The lowest BCUT2D eigenvalue weighted by atomic mass is 10.0. The number of benzene rings is 2. The van der Waals surface area contributed by atoms with E-state index in [2.05, 4.69) is 6.58 Å². The fraction of sp³-hybridized carbons (Fsp3) is 0.167. The molecule has 0 aliphatic heterocycles. The molecule has 0 aliphatic carbocycles. The summed E-state index contributed by atoms with van der Waals surface area (Å²) in [5.74, 6) is -0.0336. The number of hydrogen-bond acceptors (Lipinski definition) is 3. The Labute approximate surface area is 129 Å². The number of carboxylic acid groups (broad SMARTS) is 1. The van der Waals surface area contributed by atoms with Gasteiger partial charge in [0.1, 0.15) is 6.61 Å². The number of allylic oxidation sites excluding steroid dienone is 1. The molecule has 2 aromatic carbocycles. The van der Waals surface area contributed by atoms with Crippen LogP contribution in [0.2, 0.25) is 0 Å². The van der Waals surface area contributed by atoms with Crippen molar-refractivity contribution in [3.63, 3.8) is 0 Å². The monoisotopic (exact) mass is 298 g/mol. The summed E-state index contributed by atoms with van der Waals surface area (Å²) in [6.45, 7) is 4.05. The normalized spacial score (nSPS) is 10.0. The van der Waals surface area contributed by atoms with Crippen molar-refractivity contribution < 1.29 is 19.4 Å². The highest BCUT2D eigenvalue weighted by atomic mass is 16.5. The fourth-order valence-corrected chi connectivity index (χ4v) is 2.23. The standard InChI is InChI=1S/C18H18O4/c1-3-7-14-15(18(19)20)10-11-16(17(14)21-2)22-12-13-8-5-4-6-9-13/h3-6,8-11H,1,7,12H2,2H3,(H,19,20). The van der Waals surface area contributed by atoms with Gasteiger partial charge in [0, 0.05) is 5.56 Å². The Morgan fingerprint density at radius 2 is 1.95 bits per heavy atom. The van der Waals surface area contributed by atoms with Crippen LogP contribution in [0.5, 0.6) is 11.5 Å². The second-order valence-electron chi connectivity index (χ2n) is 4.70. The summed E-state index contributed by atoms with van der Waals surface area (Å²) in [5.41, 5.74) is 1.79. The van der Waals surface area contributed by atoms with Gasteiger partial charge in [-0.25, -0.2) is 4.79 Å². The molecule has 0 saturated heterocycles. The van der Waals surface area contributed by atoms with Gasteiger partial charge in [0.2, 0.25) is 0 Å². The molecule has 0 unspecified atom stereocenters. The van der Waals surface area contributed by atoms with Crippen LogP contribution in [0.3, 0.4) is 0 Å². The molecule has 0 radical (unpaired) electrons. The number of carboxylic acids is 1. The molecular weight excluding hydrogens is 280 g/mol. The highest BCUT2D eigenvalue weighted by Crippen LogP contribution is 2.34. The van der Waals surface area contributed by atoms with E-state index in [1.54, 1.807) is 12.1 Å². The van der Waals surface area contributed by atoms with Crippen LogP contribution in [-0.4, -0.2) is 18.2 Å². The highest BCUT2D eigenvalue weighted by Gasteiger charge is 2.18. The molecule has 0 heterocycles. The van der Waals surface area contributed by atoms with Gasteiger partial charge in [-0.1, -0.05) is 36.4 Å². The van der Waals surface area contributed by atoms with Crippen LogP contribution in [0.25, 0.3) is 0 Å². The minimum Gasteiger partial charge on any atom is -0.493 e. The van der Waals surface area contributed by atoms with E-state index in [1.807, 2.05) is 30.3 Å². The summed E-state index contributed by atoms with van der Waals surface area (Å²) in [4.78, 5) is 11.3. The van der Waals surface area contributed by atoms with Crippen LogP contribution >= 0.6 is 0 Å². The SMILES string of the molecule is C=CCc1c(C(=O)O)ccc(OCc2ccccc2)c1OC. The van der Waals surface area contributed by atoms with Crippen molar-refractivity contribution in [1.82, 2.24) is 0 Å². The maximum Gasteiger partial charge on any atom is 0.336 e. The molecular formula is C18H18O4. The fourth-order valence-electron chi connectivity index (χ4n) is 2.23. The molecule has 0 atom stereocenters. The molecule has 2 aromatic rings. The number of ether oxygens (including phenoxy) is 2. The van der Waals surface area contributed by atoms with E-state index in [1.165, 1.54) is 13.2 Å². The van der Waals surface area contributed by atoms with Gasteiger partial charge in [-0.2, -0.15) is 0 Å². The van der Waals surface area contributed by atoms with Crippen molar-refractivity contribution in [1.29, 1.82) is 0 Å². The first-order valence-electron chi connectivity index (χ1n) is 6.88. The highest BCUT2D eigenvalue weighted by molar-refractivity contribution is 5.91. The third kappa shape index (κ3) is 3.47. The second-order valence-corrected chi connectivity index (χ2v) is 4.70. The Kier molecular flexibility index (Phi) is 5.20. The number of carbonyl (C=O) groups is 1. The summed E-state index contributed by atoms with van der Waals surface area (Å²) in [6.07, 6.45) is 2.04. The molecule has 114 valence electrons. The first-order chi connectivity index (χ1) is 10.7. The number of rotatable bonds is 7. The number of hydrogen-bond donors (Lipinski definition) is 1. The van der Waals surface area contributed by atoms with Crippen molar-refractivity contribution in [3.05, 3.63) is 71.8 Å². The van der Waals surface area contributed by atoms with E-state index in [0.29, 0.717) is 30.1 Å². The van der Waals surface area contributed by atoms with Crippen molar-refractivity contribution in [3.8, 4) is 11.5 Å². The maximum atomic E-state index is 11.3. The Balaban J connectivity index is 2.33. The van der Waals surface area contributed by atoms with E-state index >= 15 is 0 Å². The summed E-state index contributed by atoms with van der Waals surface area (Å²) >= 11 is 0. The average Bonchev–Trinajstić information content (AvgIpc) is 2.53. The first kappa shape index (κ1) is 15.6. The quantitative estimate of drug-likeness (QED) is 0.792. The molecule has 0 aliphatic rings. The van der Waals surface area contributed by atoms with Crippen molar-refractivity contribution in [2.75, 3.05) is 7.11 Å². The van der Waals surface area contributed by atoms with Gasteiger partial charge < -0.3 is 14.6 Å². The second kappa shape index (κ2) is 7.31. The summed E-state index contributed by atoms with van der Waals surface area (Å²) < 4.78 is 11.2. The number of methoxy groups -OCH3 is 1. The zero-order chi connectivity index (χ0) is 15.9. The average molecular weight is 298 g/mol. The zero-order valence-corrected chi connectivity index (χ0v) is 12.4. The van der Waals surface area contributed by atoms with Gasteiger partial charge in [-0.15, -0.1) is 6.58 Å². The largest absolute Gasteiger partial charge is 0.493 e. The lowest BCUT2D eigenvalue weighted by Crippen LogP contribution is -2.06. The third-order valence-electron chi connectivity index (χ3n) is 3.24. The van der Waals surface area contributed by atoms with Crippen LogP contribution in [0, 0.1) is 0 Å². The van der Waals surface area contributed by atoms with Crippen molar-refractivity contribution in [2.24, 2.45) is 0 Å². The Hall–Kier alpha value is -2.75. The smallest absolute Gasteiger partial charge is 0.336 e. The molecule has 0 amide bonds. The molecule has 0 saturated carbocycles. The molecule has 0 fully saturated rings. The first-order valence-corrected chi connectivity index (χ1v) is 6.88. The molecule has 0 aromatic heterocycles. The minimum absolute atomic E-state index is 0.198. The van der Waals surface area contributed by atoms with E-state index < -0.39 is 5.97 Å². The van der Waals surface area contributed by atoms with Crippen LogP contribution in [0.1, 0.15) is 21.5 Å². The summed E-state index contributed by atoms with van der Waals surface area (Å²) in [6, 6.07) is 12.9. The van der Waals surface area contributed by atoms with Gasteiger partial charge >= 0.3 is 5.97 Å². The zero-order valence-electron chi connectivity index (χ0n) is 12.4. The van der Waals surface area contributed by atoms with Crippen LogP contribution < -0.4 is 9.47 Å². The van der Waals surface area contributed by atoms with Gasteiger partial charge in [0.15, 0.2) is 11.5 Å². The van der Waals surface area contributed by atoms with Crippen LogP contribution in [-0.2, 0) is 13.0 Å². The Bertz CT molecular complexity index is 662. The molecule has 22 heavy (non-hydrogen) atoms.